The summed E-state index contributed by atoms with van der Waals surface area (Å²) >= 11 is 6.20. The largest absolute Gasteiger partial charge is 0.417 e. The number of fused-ring (bicyclic) bond motifs is 1. The monoisotopic (exact) mass is 514 g/mol. The van der Waals surface area contributed by atoms with Gasteiger partial charge in [-0.25, -0.2) is 14.5 Å². The molecule has 1 saturated heterocycles. The maximum atomic E-state index is 13.3. The second kappa shape index (κ2) is 10.4. The van der Waals surface area contributed by atoms with Crippen molar-refractivity contribution in [3.8, 4) is 11.3 Å². The van der Waals surface area contributed by atoms with Crippen molar-refractivity contribution < 1.29 is 13.2 Å². The van der Waals surface area contributed by atoms with Crippen LogP contribution in [0.1, 0.15) is 36.1 Å². The Morgan fingerprint density at radius 2 is 1.86 bits per heavy atom. The number of likely N-dealkylation sites (tertiary alicyclic amines) is 1. The summed E-state index contributed by atoms with van der Waals surface area (Å²) < 4.78 is 41.3. The average molecular weight is 515 g/mol. The summed E-state index contributed by atoms with van der Waals surface area (Å²) in [6.07, 6.45) is 2.40. The van der Waals surface area contributed by atoms with Crippen molar-refractivity contribution >= 4 is 23.1 Å². The molecule has 3 aromatic heterocycles. The highest BCUT2D eigenvalue weighted by Crippen LogP contribution is 2.33. The molecule has 0 amide bonds. The molecule has 0 radical (unpaired) electrons. The van der Waals surface area contributed by atoms with E-state index in [4.69, 9.17) is 11.6 Å². The van der Waals surface area contributed by atoms with Gasteiger partial charge in [-0.05, 0) is 56.3 Å². The Balaban J connectivity index is 1.43. The zero-order valence-corrected chi connectivity index (χ0v) is 20.4. The van der Waals surface area contributed by atoms with Crippen LogP contribution in [-0.4, -0.2) is 50.7 Å². The van der Waals surface area contributed by atoms with Gasteiger partial charge in [0.2, 0.25) is 5.95 Å². The number of anilines is 1. The maximum Gasteiger partial charge on any atom is 0.417 e. The van der Waals surface area contributed by atoms with E-state index in [9.17, 15) is 13.2 Å². The van der Waals surface area contributed by atoms with Crippen LogP contribution in [0.15, 0.2) is 54.9 Å². The third-order valence-corrected chi connectivity index (χ3v) is 6.62. The fraction of sp³-hybridized carbons (Fsp3) is 0.346. The number of alkyl halides is 3. The lowest BCUT2D eigenvalue weighted by atomic mass is 10.0. The van der Waals surface area contributed by atoms with E-state index in [0.29, 0.717) is 28.6 Å². The van der Waals surface area contributed by atoms with E-state index in [1.807, 2.05) is 12.1 Å². The summed E-state index contributed by atoms with van der Waals surface area (Å²) in [5, 5.41) is 8.33. The van der Waals surface area contributed by atoms with Crippen LogP contribution in [0.4, 0.5) is 19.1 Å². The Kier molecular flexibility index (Phi) is 7.11. The number of hydrogen-bond donors (Lipinski definition) is 1. The van der Waals surface area contributed by atoms with Gasteiger partial charge in [0.05, 0.1) is 22.5 Å². The minimum absolute atomic E-state index is 0.375. The number of aromatic nitrogens is 4. The zero-order chi connectivity index (χ0) is 25.1. The molecular weight excluding hydrogens is 489 g/mol. The summed E-state index contributed by atoms with van der Waals surface area (Å²) in [6.45, 7) is 3.93. The van der Waals surface area contributed by atoms with E-state index in [-0.39, 0.29) is 0 Å². The number of nitrogens with zero attached hydrogens (tertiary/aromatic N) is 5. The fourth-order valence-corrected chi connectivity index (χ4v) is 4.77. The molecule has 0 unspecified atom stereocenters. The second-order valence-corrected chi connectivity index (χ2v) is 9.40. The number of piperidine rings is 1. The van der Waals surface area contributed by atoms with Crippen molar-refractivity contribution in [3.63, 3.8) is 0 Å². The first kappa shape index (κ1) is 24.5. The Morgan fingerprint density at radius 1 is 1.03 bits per heavy atom. The Bertz CT molecular complexity index is 1350. The van der Waals surface area contributed by atoms with Crippen LogP contribution < -0.4 is 5.32 Å². The molecule has 0 spiro atoms. The first-order valence-electron chi connectivity index (χ1n) is 12.0. The molecule has 10 heteroatoms. The minimum atomic E-state index is -4.46. The van der Waals surface area contributed by atoms with Crippen LogP contribution in [0.2, 0.25) is 5.02 Å². The van der Waals surface area contributed by atoms with E-state index in [1.54, 1.807) is 24.4 Å². The molecule has 6 nitrogen and oxygen atoms in total. The topological polar surface area (TPSA) is 58.4 Å². The number of pyridine rings is 1. The highest BCUT2D eigenvalue weighted by atomic mass is 35.5. The van der Waals surface area contributed by atoms with Crippen LogP contribution in [0.25, 0.3) is 16.8 Å². The average Bonchev–Trinajstić information content (AvgIpc) is 3.22. The molecule has 4 aromatic rings. The van der Waals surface area contributed by atoms with Crippen LogP contribution in [0, 0.1) is 0 Å². The summed E-state index contributed by atoms with van der Waals surface area (Å²) in [6, 6.07) is 11.5. The summed E-state index contributed by atoms with van der Waals surface area (Å²) in [7, 11) is 0. The van der Waals surface area contributed by atoms with Crippen LogP contribution in [0.3, 0.4) is 0 Å². The highest BCUT2D eigenvalue weighted by Gasteiger charge is 2.31. The van der Waals surface area contributed by atoms with Crippen LogP contribution in [-0.2, 0) is 12.6 Å². The lowest BCUT2D eigenvalue weighted by molar-refractivity contribution is -0.137. The van der Waals surface area contributed by atoms with Gasteiger partial charge in [0, 0.05) is 48.1 Å². The van der Waals surface area contributed by atoms with Crippen LogP contribution in [0.5, 0.6) is 0 Å². The van der Waals surface area contributed by atoms with Gasteiger partial charge in [0.1, 0.15) is 0 Å². The second-order valence-electron chi connectivity index (χ2n) is 8.96. The lowest BCUT2D eigenvalue weighted by Crippen LogP contribution is -2.33. The van der Waals surface area contributed by atoms with Gasteiger partial charge in [-0.15, -0.1) is 0 Å². The number of halogens is 4. The molecule has 1 aliphatic rings. The number of hydrogen-bond acceptors (Lipinski definition) is 5. The number of rotatable bonds is 7. The smallest absolute Gasteiger partial charge is 0.353 e. The van der Waals surface area contributed by atoms with E-state index < -0.39 is 11.7 Å². The molecule has 188 valence electrons. The van der Waals surface area contributed by atoms with Gasteiger partial charge in [0.15, 0.2) is 0 Å². The first-order valence-corrected chi connectivity index (χ1v) is 12.4. The normalized spacial score (nSPS) is 14.9. The minimum Gasteiger partial charge on any atom is -0.353 e. The standard InChI is InChI=1S/C26H26ClF3N6/c27-20-6-4-5-18(15-20)24-22(23-8-7-19(26(28,29)30)17-36(23)34-24)16-21-9-10-31-25(33-21)32-11-14-35-12-2-1-3-13-35/h4-10,15,17H,1-3,11-14,16H2,(H,31,32,33). The van der Waals surface area contributed by atoms with E-state index >= 15 is 0 Å². The molecule has 1 aliphatic heterocycles. The van der Waals surface area contributed by atoms with Gasteiger partial charge < -0.3 is 10.2 Å². The van der Waals surface area contributed by atoms with Crippen molar-refractivity contribution in [1.82, 2.24) is 24.5 Å². The third-order valence-electron chi connectivity index (χ3n) is 6.39. The maximum absolute atomic E-state index is 13.3. The Morgan fingerprint density at radius 3 is 2.64 bits per heavy atom. The molecular formula is C26H26ClF3N6. The predicted molar refractivity (Wildman–Crippen MR) is 134 cm³/mol. The molecule has 0 atom stereocenters. The summed E-state index contributed by atoms with van der Waals surface area (Å²) in [4.78, 5) is 11.4. The van der Waals surface area contributed by atoms with Crippen LogP contribution >= 0.6 is 11.6 Å². The fourth-order valence-electron chi connectivity index (χ4n) is 4.58. The van der Waals surface area contributed by atoms with Gasteiger partial charge >= 0.3 is 6.18 Å². The highest BCUT2D eigenvalue weighted by molar-refractivity contribution is 6.30. The number of nitrogens with one attached hydrogen (secondary N) is 1. The SMILES string of the molecule is FC(F)(F)c1ccc2c(Cc3ccnc(NCCN4CCCCC4)n3)c(-c3cccc(Cl)c3)nn2c1. The Hall–Kier alpha value is -3.17. The van der Waals surface area contributed by atoms with Gasteiger partial charge in [-0.2, -0.15) is 18.3 Å². The van der Waals surface area contributed by atoms with E-state index in [0.717, 1.165) is 55.3 Å². The van der Waals surface area contributed by atoms with E-state index in [2.05, 4.69) is 25.3 Å². The van der Waals surface area contributed by atoms with Crippen molar-refractivity contribution in [3.05, 3.63) is 76.7 Å². The van der Waals surface area contributed by atoms with Gasteiger partial charge in [0.25, 0.3) is 0 Å². The van der Waals surface area contributed by atoms with E-state index in [1.165, 1.54) is 29.8 Å². The first-order chi connectivity index (χ1) is 17.4. The van der Waals surface area contributed by atoms with Crippen molar-refractivity contribution in [2.45, 2.75) is 31.9 Å². The molecule has 4 heterocycles. The van der Waals surface area contributed by atoms with Gasteiger partial charge in [-0.1, -0.05) is 30.2 Å². The number of benzene rings is 1. The molecule has 5 rings (SSSR count). The molecule has 36 heavy (non-hydrogen) atoms. The summed E-state index contributed by atoms with van der Waals surface area (Å²) in [5.41, 5.74) is 2.62. The molecule has 0 aliphatic carbocycles. The van der Waals surface area contributed by atoms with Crippen molar-refractivity contribution in [2.75, 3.05) is 31.5 Å². The molecule has 1 aromatic carbocycles. The van der Waals surface area contributed by atoms with Gasteiger partial charge in [-0.3, -0.25) is 0 Å². The lowest BCUT2D eigenvalue weighted by Gasteiger charge is -2.26. The van der Waals surface area contributed by atoms with Crippen molar-refractivity contribution in [1.29, 1.82) is 0 Å². The molecule has 1 fully saturated rings. The van der Waals surface area contributed by atoms with Crippen molar-refractivity contribution in [2.24, 2.45) is 0 Å². The Labute approximate surface area is 212 Å². The molecule has 0 bridgehead atoms. The quantitative estimate of drug-likeness (QED) is 0.330. The molecule has 1 N–H and O–H groups in total. The summed E-state index contributed by atoms with van der Waals surface area (Å²) in [5.74, 6) is 0.532. The zero-order valence-electron chi connectivity index (χ0n) is 19.6. The third kappa shape index (κ3) is 5.63. The predicted octanol–water partition coefficient (Wildman–Crippen LogP) is 5.95. The molecule has 0 saturated carbocycles.